The van der Waals surface area contributed by atoms with Gasteiger partial charge in [0.2, 0.25) is 11.7 Å². The Morgan fingerprint density at radius 2 is 1.69 bits per heavy atom. The van der Waals surface area contributed by atoms with Crippen LogP contribution in [-0.4, -0.2) is 71.1 Å². The summed E-state index contributed by atoms with van der Waals surface area (Å²) < 4.78 is 20.8. The first-order chi connectivity index (χ1) is 32.9. The summed E-state index contributed by atoms with van der Waals surface area (Å²) in [4.78, 5) is 36.8. The minimum Gasteiger partial charge on any atom is -0.459 e. The van der Waals surface area contributed by atoms with Gasteiger partial charge in [0.15, 0.2) is 0 Å². The van der Waals surface area contributed by atoms with Crippen LogP contribution in [-0.2, 0) is 27.5 Å². The van der Waals surface area contributed by atoms with Crippen molar-refractivity contribution < 1.29 is 38.9 Å². The van der Waals surface area contributed by atoms with E-state index in [1.807, 2.05) is 66.4 Å². The molecular formula is C56H69N3O8. The van der Waals surface area contributed by atoms with Crippen LogP contribution in [0.1, 0.15) is 113 Å². The Kier molecular flexibility index (Phi) is 16.5. The molecule has 8 rings (SSSR count). The van der Waals surface area contributed by atoms with E-state index >= 15 is 4.79 Å². The zero-order valence-corrected chi connectivity index (χ0v) is 39.2. The molecular weight excluding hydrogens is 843 g/mol. The Morgan fingerprint density at radius 3 is 2.46 bits per heavy atom. The molecule has 1 heterocycles. The maximum atomic E-state index is 15.4. The lowest BCUT2D eigenvalue weighted by atomic mass is 9.55. The molecule has 67 heavy (non-hydrogen) atoms. The molecule has 2 fully saturated rings. The van der Waals surface area contributed by atoms with Crippen molar-refractivity contribution in [1.82, 2.24) is 10.2 Å². The summed E-state index contributed by atoms with van der Waals surface area (Å²) >= 11 is 0. The number of aliphatic hydroxyl groups is 2. The fraction of sp³-hybridized carbons (Fsp3) is 0.482. The Hall–Kier alpha value is -5.49. The largest absolute Gasteiger partial charge is 0.459 e. The number of oxime groups is 1. The van der Waals surface area contributed by atoms with E-state index in [-0.39, 0.29) is 43.5 Å². The van der Waals surface area contributed by atoms with Gasteiger partial charge >= 0.3 is 6.09 Å². The number of hydrogen-bond donors (Lipinski definition) is 3. The Balaban J connectivity index is 1.29. The summed E-state index contributed by atoms with van der Waals surface area (Å²) in [7, 11) is 0. The molecule has 4 aliphatic rings. The number of carbonyl (C=O) groups is 2. The molecule has 1 aliphatic heterocycles. The predicted molar refractivity (Wildman–Crippen MR) is 262 cm³/mol. The summed E-state index contributed by atoms with van der Waals surface area (Å²) in [6.45, 7) is 7.39. The summed E-state index contributed by atoms with van der Waals surface area (Å²) in [5.41, 5.74) is 4.59. The van der Waals surface area contributed by atoms with Gasteiger partial charge in [0.25, 0.3) is 0 Å². The van der Waals surface area contributed by atoms with Crippen LogP contribution in [0.3, 0.4) is 0 Å². The second-order valence-corrected chi connectivity index (χ2v) is 18.8. The van der Waals surface area contributed by atoms with Crippen LogP contribution >= 0.6 is 0 Å². The normalized spacial score (nSPS) is 23.7. The SMILES string of the molecule is C=CCOC12Oc3ccc(OC(=O)NCc4ccccc4)cc3C3C(CCCCO)C(CCCCO)C=C(C(=NOCC)CC1N(Cc1cccc4ccccc14)C(=O)CCC1CCCC1)C32. The zero-order chi connectivity index (χ0) is 46.6. The molecule has 6 atom stereocenters. The molecule has 0 radical (unpaired) electrons. The van der Waals surface area contributed by atoms with Gasteiger partial charge in [-0.2, -0.15) is 0 Å². The molecule has 0 spiro atoms. The van der Waals surface area contributed by atoms with Crippen LogP contribution in [0, 0.1) is 23.7 Å². The van der Waals surface area contributed by atoms with Crippen LogP contribution in [0.4, 0.5) is 4.79 Å². The number of allylic oxidation sites excluding steroid dienone is 1. The molecule has 3 aliphatic carbocycles. The van der Waals surface area contributed by atoms with Crippen molar-refractivity contribution in [3.63, 3.8) is 0 Å². The number of nitrogens with one attached hydrogen (secondary N) is 1. The van der Waals surface area contributed by atoms with E-state index in [1.54, 1.807) is 12.1 Å². The van der Waals surface area contributed by atoms with Crippen LogP contribution < -0.4 is 14.8 Å². The number of benzene rings is 4. The second kappa shape index (κ2) is 23.0. The van der Waals surface area contributed by atoms with E-state index in [0.29, 0.717) is 62.8 Å². The van der Waals surface area contributed by atoms with E-state index in [1.165, 1.54) is 12.8 Å². The van der Waals surface area contributed by atoms with Crippen LogP contribution in [0.25, 0.3) is 10.8 Å². The van der Waals surface area contributed by atoms with Gasteiger partial charge in [0.1, 0.15) is 24.1 Å². The van der Waals surface area contributed by atoms with E-state index < -0.39 is 23.8 Å². The fourth-order valence-corrected chi connectivity index (χ4v) is 11.5. The maximum absolute atomic E-state index is 15.4. The Bertz CT molecular complexity index is 2360. The number of hydrogen-bond acceptors (Lipinski definition) is 9. The highest BCUT2D eigenvalue weighted by atomic mass is 16.7. The number of amides is 2. The van der Waals surface area contributed by atoms with Gasteiger partial charge in [0, 0.05) is 50.6 Å². The van der Waals surface area contributed by atoms with E-state index in [9.17, 15) is 15.0 Å². The van der Waals surface area contributed by atoms with Gasteiger partial charge < -0.3 is 39.5 Å². The first kappa shape index (κ1) is 48.0. The van der Waals surface area contributed by atoms with Gasteiger partial charge in [-0.1, -0.05) is 129 Å². The van der Waals surface area contributed by atoms with Gasteiger partial charge in [-0.15, -0.1) is 6.58 Å². The average molecular weight is 912 g/mol. The highest BCUT2D eigenvalue weighted by Gasteiger charge is 2.65. The molecule has 6 unspecified atom stereocenters. The standard InChI is InChI=1S/C56H69N3O8/c1-3-33-64-56-51(59(52(62)30-27-39-17-8-9-18-39)38-43-24-16-23-41-21-10-11-25-45(41)43)36-49(58-65-4-2)47-34-42(22-12-14-31-60)46(26-13-15-32-61)53(54(47)56)48-35-44(28-29-50(48)67-56)66-55(63)57-37-40-19-6-5-7-20-40/h3,5-7,10-11,16,19-21,23-25,28-29,34-35,39,42,46,51,53-54,60-61H,1,4,8-9,12-15,17-18,22,26-27,30-33,36-38H2,2H3,(H,57,63). The number of carbonyl (C=O) groups excluding carboxylic acids is 2. The Labute approximate surface area is 396 Å². The fourth-order valence-electron chi connectivity index (χ4n) is 11.5. The maximum Gasteiger partial charge on any atom is 0.412 e. The van der Waals surface area contributed by atoms with Gasteiger partial charge in [-0.05, 0) is 102 Å². The minimum atomic E-state index is -1.41. The van der Waals surface area contributed by atoms with Crippen molar-refractivity contribution in [3.05, 3.63) is 132 Å². The van der Waals surface area contributed by atoms with Gasteiger partial charge in [-0.25, -0.2) is 4.79 Å². The number of aliphatic hydroxyl groups excluding tert-OH is 2. The molecule has 11 nitrogen and oxygen atoms in total. The monoisotopic (exact) mass is 912 g/mol. The molecule has 2 saturated carbocycles. The summed E-state index contributed by atoms with van der Waals surface area (Å²) in [6, 6.07) is 29.2. The number of rotatable bonds is 22. The van der Waals surface area contributed by atoms with Gasteiger partial charge in [0.05, 0.1) is 18.2 Å². The summed E-state index contributed by atoms with van der Waals surface area (Å²) in [5, 5.41) is 30.0. The third-order valence-corrected chi connectivity index (χ3v) is 14.6. The minimum absolute atomic E-state index is 0.0205. The van der Waals surface area contributed by atoms with Crippen LogP contribution in [0.5, 0.6) is 11.5 Å². The quantitative estimate of drug-likeness (QED) is 0.0402. The molecule has 0 aromatic heterocycles. The average Bonchev–Trinajstić information content (AvgIpc) is 3.88. The van der Waals surface area contributed by atoms with E-state index in [2.05, 4.69) is 48.3 Å². The lowest BCUT2D eigenvalue weighted by molar-refractivity contribution is -0.258. The number of ether oxygens (including phenoxy) is 3. The first-order valence-corrected chi connectivity index (χ1v) is 24.8. The molecule has 4 aromatic carbocycles. The lowest BCUT2D eigenvalue weighted by Crippen LogP contribution is -2.70. The topological polar surface area (TPSA) is 139 Å². The van der Waals surface area contributed by atoms with Crippen LogP contribution in [0.15, 0.2) is 120 Å². The molecule has 0 saturated heterocycles. The Morgan fingerprint density at radius 1 is 0.925 bits per heavy atom. The lowest BCUT2D eigenvalue weighted by Gasteiger charge is -2.60. The molecule has 0 bridgehead atoms. The molecule has 4 aromatic rings. The molecule has 11 heteroatoms. The van der Waals surface area contributed by atoms with Gasteiger partial charge in [-0.3, -0.25) is 4.79 Å². The summed E-state index contributed by atoms with van der Waals surface area (Å²) in [6.07, 6.45) is 14.3. The molecule has 356 valence electrons. The van der Waals surface area contributed by atoms with Crippen molar-refractivity contribution in [2.24, 2.45) is 28.8 Å². The molecule has 3 N–H and O–H groups in total. The van der Waals surface area contributed by atoms with Crippen molar-refractivity contribution in [3.8, 4) is 11.5 Å². The first-order valence-electron chi connectivity index (χ1n) is 24.8. The summed E-state index contributed by atoms with van der Waals surface area (Å²) in [5.74, 6) is -0.520. The number of nitrogens with zero attached hydrogens (tertiary/aromatic N) is 2. The van der Waals surface area contributed by atoms with Crippen LogP contribution in [0.2, 0.25) is 0 Å². The highest BCUT2D eigenvalue weighted by Crippen LogP contribution is 2.62. The highest BCUT2D eigenvalue weighted by molar-refractivity contribution is 6.03. The molecule has 2 amide bonds. The zero-order valence-electron chi connectivity index (χ0n) is 39.2. The number of fused-ring (bicyclic) bond motifs is 3. The predicted octanol–water partition coefficient (Wildman–Crippen LogP) is 10.8. The third-order valence-electron chi connectivity index (χ3n) is 14.6. The number of unbranched alkanes of at least 4 members (excludes halogenated alkanes) is 2. The van der Waals surface area contributed by atoms with E-state index in [4.69, 9.17) is 24.2 Å². The van der Waals surface area contributed by atoms with Crippen molar-refractivity contribution >= 4 is 28.5 Å². The van der Waals surface area contributed by atoms with Crippen molar-refractivity contribution in [2.75, 3.05) is 26.4 Å². The van der Waals surface area contributed by atoms with E-state index in [0.717, 1.165) is 83.7 Å². The van der Waals surface area contributed by atoms with Crippen molar-refractivity contribution in [2.45, 2.75) is 121 Å². The van der Waals surface area contributed by atoms with Crippen molar-refractivity contribution in [1.29, 1.82) is 0 Å². The third kappa shape index (κ3) is 11.0. The second-order valence-electron chi connectivity index (χ2n) is 18.8. The smallest absolute Gasteiger partial charge is 0.412 e.